The molecular weight excluding hydrogens is 357 g/mol. The molecule has 1 aromatic rings. The zero-order chi connectivity index (χ0) is 19.8. The molecule has 0 unspecified atom stereocenters. The second-order valence-corrected chi connectivity index (χ2v) is 7.61. The van der Waals surface area contributed by atoms with Crippen LogP contribution in [0.2, 0.25) is 5.02 Å². The van der Waals surface area contributed by atoms with Gasteiger partial charge in [0, 0.05) is 6.04 Å². The molecule has 0 bridgehead atoms. The minimum Gasteiger partial charge on any atom is -0.475 e. The Morgan fingerprint density at radius 1 is 1.28 bits per heavy atom. The van der Waals surface area contributed by atoms with Crippen molar-refractivity contribution in [3.8, 4) is 6.07 Å². The summed E-state index contributed by atoms with van der Waals surface area (Å²) in [6.07, 6.45) is -5.08. The number of nitrogens with two attached hydrogens (primary N) is 1. The van der Waals surface area contributed by atoms with E-state index in [1.807, 2.05) is 12.1 Å². The molecule has 0 aromatic heterocycles. The van der Waals surface area contributed by atoms with Crippen LogP contribution in [0.15, 0.2) is 18.2 Å². The van der Waals surface area contributed by atoms with Gasteiger partial charge in [0.05, 0.1) is 10.6 Å². The van der Waals surface area contributed by atoms with E-state index in [2.05, 4.69) is 33.8 Å². The van der Waals surface area contributed by atoms with Crippen molar-refractivity contribution in [2.75, 3.05) is 0 Å². The number of carboxylic acid groups (broad SMARTS) is 1. The van der Waals surface area contributed by atoms with Crippen LogP contribution in [0.1, 0.15) is 44.7 Å². The SMILES string of the molecule is CC1(C)C(N)C(C)(C)C1c1ccc(C#N)c(Cl)c1.O=C(O)C(F)(F)F. The first-order valence-electron chi connectivity index (χ1n) is 7.42. The van der Waals surface area contributed by atoms with Crippen LogP contribution in [0.5, 0.6) is 0 Å². The molecular formula is C17H20ClF3N2O2. The molecule has 1 fully saturated rings. The summed E-state index contributed by atoms with van der Waals surface area (Å²) in [4.78, 5) is 8.90. The van der Waals surface area contributed by atoms with E-state index in [1.54, 1.807) is 6.07 Å². The zero-order valence-corrected chi connectivity index (χ0v) is 15.0. The Morgan fingerprint density at radius 3 is 2.04 bits per heavy atom. The molecule has 0 radical (unpaired) electrons. The fourth-order valence-corrected chi connectivity index (χ4v) is 4.07. The molecule has 1 aliphatic carbocycles. The van der Waals surface area contributed by atoms with Gasteiger partial charge in [-0.25, -0.2) is 4.79 Å². The third-order valence-electron chi connectivity index (χ3n) is 4.78. The highest BCUT2D eigenvalue weighted by molar-refractivity contribution is 6.31. The number of rotatable bonds is 1. The lowest BCUT2D eigenvalue weighted by Gasteiger charge is -2.63. The zero-order valence-electron chi connectivity index (χ0n) is 14.3. The van der Waals surface area contributed by atoms with Crippen molar-refractivity contribution < 1.29 is 23.1 Å². The third kappa shape index (κ3) is 4.07. The lowest BCUT2D eigenvalue weighted by atomic mass is 9.43. The van der Waals surface area contributed by atoms with Gasteiger partial charge in [-0.2, -0.15) is 18.4 Å². The highest BCUT2D eigenvalue weighted by atomic mass is 35.5. The molecule has 1 saturated carbocycles. The minimum atomic E-state index is -5.08. The summed E-state index contributed by atoms with van der Waals surface area (Å²) in [5, 5.41) is 16.6. The number of carboxylic acids is 1. The number of aliphatic carboxylic acids is 1. The molecule has 25 heavy (non-hydrogen) atoms. The summed E-state index contributed by atoms with van der Waals surface area (Å²) >= 11 is 6.12. The van der Waals surface area contributed by atoms with E-state index in [-0.39, 0.29) is 16.9 Å². The van der Waals surface area contributed by atoms with Gasteiger partial charge < -0.3 is 10.8 Å². The van der Waals surface area contributed by atoms with Gasteiger partial charge in [-0.1, -0.05) is 45.4 Å². The molecule has 2 rings (SSSR count). The number of hydrogen-bond acceptors (Lipinski definition) is 3. The first-order valence-corrected chi connectivity index (χ1v) is 7.80. The molecule has 0 aliphatic heterocycles. The molecule has 0 atom stereocenters. The van der Waals surface area contributed by atoms with Gasteiger partial charge in [0.1, 0.15) is 6.07 Å². The van der Waals surface area contributed by atoms with E-state index in [0.717, 1.165) is 0 Å². The molecule has 0 heterocycles. The van der Waals surface area contributed by atoms with Crippen molar-refractivity contribution in [3.63, 3.8) is 0 Å². The lowest BCUT2D eigenvalue weighted by molar-refractivity contribution is -0.192. The van der Waals surface area contributed by atoms with Gasteiger partial charge >= 0.3 is 12.1 Å². The van der Waals surface area contributed by atoms with E-state index < -0.39 is 12.1 Å². The number of halogens is 4. The Bertz CT molecular complexity index is 693. The standard InChI is InChI=1S/C15H19ClN2.C2HF3O2/c1-14(2)12(15(3,4)13(14)18)9-5-6-10(8-17)11(16)7-9;3-2(4,5)1(6)7/h5-7,12-13H,18H2,1-4H3;(H,6,7). The molecule has 0 amide bonds. The predicted molar refractivity (Wildman–Crippen MR) is 88.1 cm³/mol. The fourth-order valence-electron chi connectivity index (χ4n) is 3.84. The van der Waals surface area contributed by atoms with Gasteiger partial charge in [0.25, 0.3) is 0 Å². The van der Waals surface area contributed by atoms with Crippen molar-refractivity contribution in [2.45, 2.75) is 45.8 Å². The first kappa shape index (κ1) is 21.3. The highest BCUT2D eigenvalue weighted by Crippen LogP contribution is 2.63. The maximum absolute atomic E-state index is 10.6. The Kier molecular flexibility index (Phi) is 5.83. The van der Waals surface area contributed by atoms with E-state index >= 15 is 0 Å². The molecule has 1 aliphatic rings. The summed E-state index contributed by atoms with van der Waals surface area (Å²) in [6.45, 7) is 8.78. The van der Waals surface area contributed by atoms with Gasteiger partial charge in [-0.05, 0) is 34.4 Å². The smallest absolute Gasteiger partial charge is 0.475 e. The van der Waals surface area contributed by atoms with Crippen LogP contribution >= 0.6 is 11.6 Å². The second-order valence-electron chi connectivity index (χ2n) is 7.21. The molecule has 8 heteroatoms. The van der Waals surface area contributed by atoms with Crippen LogP contribution in [0.4, 0.5) is 13.2 Å². The average molecular weight is 377 g/mol. The molecule has 4 nitrogen and oxygen atoms in total. The number of nitriles is 1. The normalized spacial score (nSPS) is 23.5. The summed E-state index contributed by atoms with van der Waals surface area (Å²) in [7, 11) is 0. The largest absolute Gasteiger partial charge is 0.490 e. The predicted octanol–water partition coefficient (Wildman–Crippen LogP) is 4.32. The number of nitrogens with zero attached hydrogens (tertiary/aromatic N) is 1. The molecule has 3 N–H and O–H groups in total. The molecule has 0 saturated heterocycles. The van der Waals surface area contributed by atoms with Crippen molar-refractivity contribution >= 4 is 17.6 Å². The lowest BCUT2D eigenvalue weighted by Crippen LogP contribution is -2.66. The van der Waals surface area contributed by atoms with Gasteiger partial charge in [-0.15, -0.1) is 0 Å². The number of hydrogen-bond donors (Lipinski definition) is 2. The quantitative estimate of drug-likeness (QED) is 0.764. The van der Waals surface area contributed by atoms with E-state index in [0.29, 0.717) is 16.5 Å². The Labute approximate surface area is 149 Å². The Hall–Kier alpha value is -1.78. The minimum absolute atomic E-state index is 0.0565. The van der Waals surface area contributed by atoms with E-state index in [1.165, 1.54) is 5.56 Å². The fraction of sp³-hybridized carbons (Fsp3) is 0.529. The van der Waals surface area contributed by atoms with Gasteiger partial charge in [0.2, 0.25) is 0 Å². The molecule has 0 spiro atoms. The Morgan fingerprint density at radius 2 is 1.72 bits per heavy atom. The highest BCUT2D eigenvalue weighted by Gasteiger charge is 2.60. The summed E-state index contributed by atoms with van der Waals surface area (Å²) in [5.74, 6) is -2.39. The monoisotopic (exact) mass is 376 g/mol. The van der Waals surface area contributed by atoms with Gasteiger partial charge in [0.15, 0.2) is 0 Å². The van der Waals surface area contributed by atoms with E-state index in [9.17, 15) is 13.2 Å². The van der Waals surface area contributed by atoms with Gasteiger partial charge in [-0.3, -0.25) is 0 Å². The number of alkyl halides is 3. The third-order valence-corrected chi connectivity index (χ3v) is 5.09. The summed E-state index contributed by atoms with van der Waals surface area (Å²) in [6, 6.07) is 7.98. The number of benzene rings is 1. The summed E-state index contributed by atoms with van der Waals surface area (Å²) < 4.78 is 31.7. The van der Waals surface area contributed by atoms with Crippen LogP contribution in [0.25, 0.3) is 0 Å². The Balaban J connectivity index is 0.000000381. The van der Waals surface area contributed by atoms with E-state index in [4.69, 9.17) is 32.5 Å². The van der Waals surface area contributed by atoms with Crippen LogP contribution < -0.4 is 5.73 Å². The second kappa shape index (κ2) is 6.85. The summed E-state index contributed by atoms with van der Waals surface area (Å²) in [5.41, 5.74) is 8.09. The number of carbonyl (C=O) groups is 1. The molecule has 1 aromatic carbocycles. The van der Waals surface area contributed by atoms with Crippen molar-refractivity contribution in [3.05, 3.63) is 34.3 Å². The maximum Gasteiger partial charge on any atom is 0.490 e. The topological polar surface area (TPSA) is 87.1 Å². The van der Waals surface area contributed by atoms with Crippen molar-refractivity contribution in [2.24, 2.45) is 16.6 Å². The molecule has 138 valence electrons. The van der Waals surface area contributed by atoms with Crippen molar-refractivity contribution in [1.82, 2.24) is 0 Å². The average Bonchev–Trinajstić information content (AvgIpc) is 2.46. The maximum atomic E-state index is 10.6. The van der Waals surface area contributed by atoms with Crippen LogP contribution in [-0.4, -0.2) is 23.3 Å². The van der Waals surface area contributed by atoms with Crippen LogP contribution in [0.3, 0.4) is 0 Å². The first-order chi connectivity index (χ1) is 11.2. The van der Waals surface area contributed by atoms with Crippen LogP contribution in [-0.2, 0) is 4.79 Å². The van der Waals surface area contributed by atoms with Crippen LogP contribution in [0, 0.1) is 22.2 Å². The van der Waals surface area contributed by atoms with Crippen molar-refractivity contribution in [1.29, 1.82) is 5.26 Å².